The number of ether oxygens (including phenoxy) is 2. The molecule has 1 atom stereocenters. The number of carbonyl (C=O) groups excluding carboxylic acids is 1. The van der Waals surface area contributed by atoms with Gasteiger partial charge in [0.25, 0.3) is 0 Å². The van der Waals surface area contributed by atoms with Crippen molar-refractivity contribution in [3.05, 3.63) is 59.7 Å². The molecule has 1 amide bonds. The molecule has 0 aromatic heterocycles. The van der Waals surface area contributed by atoms with Gasteiger partial charge in [-0.05, 0) is 54.7 Å². The topological polar surface area (TPSA) is 59.0 Å². The molecule has 0 bridgehead atoms. The lowest BCUT2D eigenvalue weighted by molar-refractivity contribution is -0.131. The van der Waals surface area contributed by atoms with E-state index >= 15 is 0 Å². The van der Waals surface area contributed by atoms with Gasteiger partial charge in [0.05, 0.1) is 26.9 Å². The molecule has 0 radical (unpaired) electrons. The number of aliphatic hydroxyl groups is 1. The second-order valence-corrected chi connectivity index (χ2v) is 6.62. The number of aliphatic hydroxyl groups excluding tert-OH is 1. The first kappa shape index (κ1) is 20.8. The van der Waals surface area contributed by atoms with Gasteiger partial charge in [0.15, 0.2) is 0 Å². The average molecular weight is 371 g/mol. The molecule has 0 aliphatic heterocycles. The Hall–Kier alpha value is -2.53. The third-order valence-corrected chi connectivity index (χ3v) is 4.62. The Morgan fingerprint density at radius 1 is 1.04 bits per heavy atom. The SMILES string of the molecule is COc1ccc(CCCCC(=O)N(C)CC(O)c2cccc(OC)c2)cc1. The molecule has 0 aliphatic rings. The minimum Gasteiger partial charge on any atom is -0.497 e. The first-order chi connectivity index (χ1) is 13.0. The lowest BCUT2D eigenvalue weighted by Gasteiger charge is -2.21. The third kappa shape index (κ3) is 6.61. The minimum atomic E-state index is -0.728. The van der Waals surface area contributed by atoms with E-state index in [0.29, 0.717) is 12.2 Å². The van der Waals surface area contributed by atoms with Gasteiger partial charge in [0, 0.05) is 13.5 Å². The fraction of sp³-hybridized carbons (Fsp3) is 0.409. The summed E-state index contributed by atoms with van der Waals surface area (Å²) in [5, 5.41) is 10.4. The molecule has 5 heteroatoms. The first-order valence-corrected chi connectivity index (χ1v) is 9.22. The van der Waals surface area contributed by atoms with Crippen molar-refractivity contribution in [3.8, 4) is 11.5 Å². The molecule has 2 aromatic carbocycles. The van der Waals surface area contributed by atoms with Gasteiger partial charge in [-0.2, -0.15) is 0 Å². The maximum Gasteiger partial charge on any atom is 0.222 e. The Bertz CT molecular complexity index is 715. The lowest BCUT2D eigenvalue weighted by atomic mass is 10.1. The number of methoxy groups -OCH3 is 2. The first-order valence-electron chi connectivity index (χ1n) is 9.22. The zero-order chi connectivity index (χ0) is 19.6. The van der Waals surface area contributed by atoms with E-state index < -0.39 is 6.10 Å². The van der Waals surface area contributed by atoms with Crippen molar-refractivity contribution < 1.29 is 19.4 Å². The van der Waals surface area contributed by atoms with E-state index in [1.807, 2.05) is 30.3 Å². The number of likely N-dealkylation sites (N-methyl/N-ethyl adjacent to an activating group) is 1. The molecule has 0 aliphatic carbocycles. The molecule has 0 heterocycles. The van der Waals surface area contributed by atoms with Crippen LogP contribution >= 0.6 is 0 Å². The highest BCUT2D eigenvalue weighted by molar-refractivity contribution is 5.75. The summed E-state index contributed by atoms with van der Waals surface area (Å²) in [4.78, 5) is 13.9. The van der Waals surface area contributed by atoms with E-state index in [1.165, 1.54) is 5.56 Å². The van der Waals surface area contributed by atoms with Gasteiger partial charge in [-0.1, -0.05) is 24.3 Å². The van der Waals surface area contributed by atoms with Crippen LogP contribution in [-0.2, 0) is 11.2 Å². The summed E-state index contributed by atoms with van der Waals surface area (Å²) in [6, 6.07) is 15.3. The van der Waals surface area contributed by atoms with Crippen molar-refractivity contribution in [1.29, 1.82) is 0 Å². The van der Waals surface area contributed by atoms with Crippen LogP contribution < -0.4 is 9.47 Å². The standard InChI is InChI=1S/C22H29NO4/c1-23(16-21(24)18-8-6-9-20(15-18)27-3)22(25)10-5-4-7-17-11-13-19(26-2)14-12-17/h6,8-9,11-15,21,24H,4-5,7,10,16H2,1-3H3. The van der Waals surface area contributed by atoms with Crippen LogP contribution in [0.4, 0.5) is 0 Å². The van der Waals surface area contributed by atoms with Crippen LogP contribution in [-0.4, -0.2) is 43.7 Å². The maximum atomic E-state index is 12.3. The van der Waals surface area contributed by atoms with Gasteiger partial charge < -0.3 is 19.5 Å². The number of benzene rings is 2. The number of aryl methyl sites for hydroxylation is 1. The van der Waals surface area contributed by atoms with Crippen LogP contribution in [0.2, 0.25) is 0 Å². The van der Waals surface area contributed by atoms with Gasteiger partial charge >= 0.3 is 0 Å². The molecular weight excluding hydrogens is 342 g/mol. The molecule has 0 spiro atoms. The summed E-state index contributed by atoms with van der Waals surface area (Å²) >= 11 is 0. The summed E-state index contributed by atoms with van der Waals surface area (Å²) < 4.78 is 10.3. The van der Waals surface area contributed by atoms with Gasteiger partial charge in [-0.3, -0.25) is 4.79 Å². The molecule has 0 fully saturated rings. The Morgan fingerprint density at radius 2 is 1.74 bits per heavy atom. The van der Waals surface area contributed by atoms with Gasteiger partial charge in [-0.15, -0.1) is 0 Å². The number of carbonyl (C=O) groups is 1. The molecule has 0 saturated heterocycles. The fourth-order valence-corrected chi connectivity index (χ4v) is 2.90. The highest BCUT2D eigenvalue weighted by atomic mass is 16.5. The van der Waals surface area contributed by atoms with Crippen LogP contribution in [0, 0.1) is 0 Å². The highest BCUT2D eigenvalue weighted by Crippen LogP contribution is 2.20. The Labute approximate surface area is 161 Å². The fourth-order valence-electron chi connectivity index (χ4n) is 2.90. The van der Waals surface area contributed by atoms with Crippen molar-refractivity contribution in [2.75, 3.05) is 27.8 Å². The summed E-state index contributed by atoms with van der Waals surface area (Å²) in [5.41, 5.74) is 1.98. The molecule has 1 N–H and O–H groups in total. The van der Waals surface area contributed by atoms with Crippen LogP contribution in [0.1, 0.15) is 36.5 Å². The summed E-state index contributed by atoms with van der Waals surface area (Å²) in [6.07, 6.45) is 2.47. The predicted molar refractivity (Wildman–Crippen MR) is 106 cm³/mol. The number of hydrogen-bond acceptors (Lipinski definition) is 4. The van der Waals surface area contributed by atoms with Gasteiger partial charge in [-0.25, -0.2) is 0 Å². The second kappa shape index (κ2) is 10.6. The van der Waals surface area contributed by atoms with E-state index in [9.17, 15) is 9.90 Å². The van der Waals surface area contributed by atoms with Gasteiger partial charge in [0.1, 0.15) is 11.5 Å². The third-order valence-electron chi connectivity index (χ3n) is 4.62. The Morgan fingerprint density at radius 3 is 2.41 bits per heavy atom. The lowest BCUT2D eigenvalue weighted by Crippen LogP contribution is -2.30. The zero-order valence-electron chi connectivity index (χ0n) is 16.4. The molecule has 27 heavy (non-hydrogen) atoms. The molecule has 2 rings (SSSR count). The Balaban J connectivity index is 1.72. The van der Waals surface area contributed by atoms with Crippen LogP contribution in [0.25, 0.3) is 0 Å². The van der Waals surface area contributed by atoms with E-state index in [1.54, 1.807) is 32.2 Å². The maximum absolute atomic E-state index is 12.3. The number of nitrogens with zero attached hydrogens (tertiary/aromatic N) is 1. The molecule has 0 saturated carbocycles. The number of rotatable bonds is 10. The van der Waals surface area contributed by atoms with Crippen molar-refractivity contribution in [2.45, 2.75) is 31.8 Å². The normalized spacial score (nSPS) is 11.7. The van der Waals surface area contributed by atoms with Crippen LogP contribution in [0.15, 0.2) is 48.5 Å². The monoisotopic (exact) mass is 371 g/mol. The van der Waals surface area contributed by atoms with Crippen molar-refractivity contribution >= 4 is 5.91 Å². The Kier molecular flexibility index (Phi) is 8.14. The molecule has 2 aromatic rings. The van der Waals surface area contributed by atoms with E-state index in [-0.39, 0.29) is 12.5 Å². The van der Waals surface area contributed by atoms with Crippen molar-refractivity contribution in [2.24, 2.45) is 0 Å². The summed E-state index contributed by atoms with van der Waals surface area (Å²) in [6.45, 7) is 0.268. The largest absolute Gasteiger partial charge is 0.497 e. The molecule has 1 unspecified atom stereocenters. The smallest absolute Gasteiger partial charge is 0.222 e. The average Bonchev–Trinajstić information content (AvgIpc) is 2.71. The van der Waals surface area contributed by atoms with E-state index in [0.717, 1.165) is 30.6 Å². The van der Waals surface area contributed by atoms with Crippen molar-refractivity contribution in [3.63, 3.8) is 0 Å². The summed E-state index contributed by atoms with van der Waals surface area (Å²) in [5.74, 6) is 1.59. The number of amides is 1. The highest BCUT2D eigenvalue weighted by Gasteiger charge is 2.15. The summed E-state index contributed by atoms with van der Waals surface area (Å²) in [7, 11) is 4.98. The van der Waals surface area contributed by atoms with E-state index in [2.05, 4.69) is 12.1 Å². The molecule has 5 nitrogen and oxygen atoms in total. The van der Waals surface area contributed by atoms with Gasteiger partial charge in [0.2, 0.25) is 5.91 Å². The number of hydrogen-bond donors (Lipinski definition) is 1. The number of unbranched alkanes of at least 4 members (excludes halogenated alkanes) is 1. The zero-order valence-corrected chi connectivity index (χ0v) is 16.4. The van der Waals surface area contributed by atoms with Crippen molar-refractivity contribution in [1.82, 2.24) is 4.90 Å². The minimum absolute atomic E-state index is 0.0478. The molecule has 146 valence electrons. The van der Waals surface area contributed by atoms with Crippen LogP contribution in [0.3, 0.4) is 0 Å². The predicted octanol–water partition coefficient (Wildman–Crippen LogP) is 3.61. The molecular formula is C22H29NO4. The van der Waals surface area contributed by atoms with E-state index in [4.69, 9.17) is 9.47 Å². The van der Waals surface area contributed by atoms with Crippen LogP contribution in [0.5, 0.6) is 11.5 Å². The quantitative estimate of drug-likeness (QED) is 0.648. The second-order valence-electron chi connectivity index (χ2n) is 6.62.